The Kier molecular flexibility index (Phi) is 10.8. The van der Waals surface area contributed by atoms with Crippen LogP contribution in [0.1, 0.15) is 98.4 Å². The lowest BCUT2D eigenvalue weighted by Crippen LogP contribution is -2.52. The Morgan fingerprint density at radius 2 is 1.65 bits per heavy atom. The number of aromatic nitrogens is 2. The van der Waals surface area contributed by atoms with Crippen molar-refractivity contribution in [2.24, 2.45) is 11.8 Å². The minimum atomic E-state index is -0.882. The summed E-state index contributed by atoms with van der Waals surface area (Å²) in [7, 11) is 0. The standard InChI is InChI=1S/C46H51ClFN7O5/c1-46(2)33-13-10-30(24-38(33)55-37-5-3-4-34(47)40(37)43(59)51-45(46)55)28-16-18-52(19-17-28)26-27-6-8-29(9-7-27)44(60)54-22-20-53(21-23-54)31-11-12-32(35(48)25-31)41(57)49-36-14-15-39(56)50-42(36)58/h3-5,10-13,24-25,27-29,36H,6-9,14-23,26H2,1-2H3,(H,49,57)(H,50,56,58)/t27?,29?,36-/m0/s1. The molecule has 1 aromatic heterocycles. The molecule has 314 valence electrons. The fourth-order valence-electron chi connectivity index (χ4n) is 10.3. The van der Waals surface area contributed by atoms with Gasteiger partial charge in [-0.3, -0.25) is 33.9 Å². The average Bonchev–Trinajstić information content (AvgIpc) is 3.47. The average molecular weight is 836 g/mol. The third-order valence-electron chi connectivity index (χ3n) is 13.8. The number of benzene rings is 3. The van der Waals surface area contributed by atoms with Crippen molar-refractivity contribution in [2.45, 2.75) is 82.6 Å². The van der Waals surface area contributed by atoms with Crippen molar-refractivity contribution in [3.8, 4) is 5.69 Å². The largest absolute Gasteiger partial charge is 0.368 e. The van der Waals surface area contributed by atoms with Crippen LogP contribution in [0.4, 0.5) is 10.1 Å². The maximum absolute atomic E-state index is 15.1. The number of carbonyl (C=O) groups excluding carboxylic acids is 4. The Morgan fingerprint density at radius 1 is 0.900 bits per heavy atom. The van der Waals surface area contributed by atoms with Gasteiger partial charge >= 0.3 is 0 Å². The van der Waals surface area contributed by atoms with Crippen LogP contribution < -0.4 is 21.1 Å². The number of anilines is 1. The number of imide groups is 1. The molecule has 2 N–H and O–H groups in total. The van der Waals surface area contributed by atoms with Crippen LogP contribution in [0.2, 0.25) is 5.02 Å². The van der Waals surface area contributed by atoms with Gasteiger partial charge in [0.15, 0.2) is 0 Å². The highest BCUT2D eigenvalue weighted by Crippen LogP contribution is 2.45. The summed E-state index contributed by atoms with van der Waals surface area (Å²) in [5, 5.41) is 5.60. The highest BCUT2D eigenvalue weighted by Gasteiger charge is 2.40. The normalized spacial score (nSPS) is 23.3. The first-order valence-corrected chi connectivity index (χ1v) is 21.8. The van der Waals surface area contributed by atoms with Gasteiger partial charge in [-0.1, -0.05) is 29.8 Å². The molecule has 60 heavy (non-hydrogen) atoms. The van der Waals surface area contributed by atoms with Gasteiger partial charge in [0.1, 0.15) is 17.7 Å². The topological polar surface area (TPSA) is 137 Å². The molecule has 1 saturated carbocycles. The maximum Gasteiger partial charge on any atom is 0.282 e. The summed E-state index contributed by atoms with van der Waals surface area (Å²) in [6, 6.07) is 16.0. The Balaban J connectivity index is 0.739. The van der Waals surface area contributed by atoms with Crippen molar-refractivity contribution >= 4 is 51.8 Å². The highest BCUT2D eigenvalue weighted by atomic mass is 35.5. The molecule has 0 radical (unpaired) electrons. The van der Waals surface area contributed by atoms with Crippen LogP contribution in [0.25, 0.3) is 16.6 Å². The van der Waals surface area contributed by atoms with Gasteiger partial charge in [-0.05, 0) is 131 Å². The van der Waals surface area contributed by atoms with E-state index in [1.54, 1.807) is 12.1 Å². The van der Waals surface area contributed by atoms with E-state index < -0.39 is 29.1 Å². The summed E-state index contributed by atoms with van der Waals surface area (Å²) in [5.74, 6) is -0.326. The molecule has 5 aliphatic rings. The number of carbonyl (C=O) groups is 4. The molecule has 4 aromatic rings. The smallest absolute Gasteiger partial charge is 0.282 e. The molecule has 1 aliphatic carbocycles. The lowest BCUT2D eigenvalue weighted by Gasteiger charge is -2.40. The number of likely N-dealkylation sites (tertiary alicyclic amines) is 1. The Bertz CT molecular complexity index is 2450. The first-order chi connectivity index (χ1) is 28.8. The van der Waals surface area contributed by atoms with E-state index in [9.17, 15) is 24.0 Å². The molecule has 4 amide bonds. The fourth-order valence-corrected chi connectivity index (χ4v) is 10.6. The summed E-state index contributed by atoms with van der Waals surface area (Å²) >= 11 is 6.50. The second-order valence-corrected chi connectivity index (χ2v) is 18.3. The molecule has 4 fully saturated rings. The number of piperidine rings is 2. The molecule has 1 atom stereocenters. The van der Waals surface area contributed by atoms with Gasteiger partial charge in [0.25, 0.3) is 11.5 Å². The number of piperazine rings is 1. The predicted octanol–water partition coefficient (Wildman–Crippen LogP) is 5.69. The molecule has 3 saturated heterocycles. The molecular formula is C46H51ClFN7O5. The fraction of sp³-hybridized carbons (Fsp3) is 0.478. The van der Waals surface area contributed by atoms with Crippen molar-refractivity contribution in [2.75, 3.05) is 50.7 Å². The van der Waals surface area contributed by atoms with E-state index in [0.717, 1.165) is 80.8 Å². The summed E-state index contributed by atoms with van der Waals surface area (Å²) in [5.41, 5.74) is 4.15. The Labute approximate surface area is 353 Å². The van der Waals surface area contributed by atoms with Crippen LogP contribution in [0, 0.1) is 17.7 Å². The monoisotopic (exact) mass is 835 g/mol. The SMILES string of the molecule is CC1(C)c2ccc(C3CCN(CC4CCC(C(=O)N5CCN(c6ccc(C(=O)N[C@H]7CCC(=O)NC7=O)c(F)c6)CC5)CC4)CC3)cc2-n2c1nc(=O)c1c(Cl)cccc12. The van der Waals surface area contributed by atoms with Crippen LogP contribution in [0.3, 0.4) is 0 Å². The number of hydrogen-bond donors (Lipinski definition) is 2. The first-order valence-electron chi connectivity index (χ1n) is 21.4. The zero-order valence-corrected chi connectivity index (χ0v) is 34.9. The molecule has 12 nitrogen and oxygen atoms in total. The minimum Gasteiger partial charge on any atom is -0.368 e. The van der Waals surface area contributed by atoms with E-state index in [1.165, 1.54) is 17.7 Å². The Morgan fingerprint density at radius 3 is 2.37 bits per heavy atom. The van der Waals surface area contributed by atoms with E-state index in [1.807, 2.05) is 21.9 Å². The third-order valence-corrected chi connectivity index (χ3v) is 14.1. The molecular weight excluding hydrogens is 785 g/mol. The van der Waals surface area contributed by atoms with Gasteiger partial charge in [-0.25, -0.2) is 4.39 Å². The lowest BCUT2D eigenvalue weighted by molar-refractivity contribution is -0.137. The third kappa shape index (κ3) is 7.48. The second-order valence-electron chi connectivity index (χ2n) is 17.9. The number of nitrogens with one attached hydrogen (secondary N) is 2. The number of halogens is 2. The molecule has 0 spiro atoms. The molecule has 3 aromatic carbocycles. The van der Waals surface area contributed by atoms with Crippen LogP contribution in [0.15, 0.2) is 59.4 Å². The van der Waals surface area contributed by atoms with Crippen LogP contribution in [-0.4, -0.2) is 94.8 Å². The van der Waals surface area contributed by atoms with Crippen molar-refractivity contribution in [3.05, 3.63) is 98.3 Å². The van der Waals surface area contributed by atoms with Gasteiger partial charge in [-0.2, -0.15) is 4.98 Å². The molecule has 14 heteroatoms. The van der Waals surface area contributed by atoms with E-state index in [4.69, 9.17) is 11.6 Å². The summed E-state index contributed by atoms with van der Waals surface area (Å²) in [6.07, 6.45) is 6.36. The van der Waals surface area contributed by atoms with Crippen LogP contribution in [-0.2, 0) is 19.8 Å². The van der Waals surface area contributed by atoms with E-state index in [0.29, 0.717) is 54.1 Å². The van der Waals surface area contributed by atoms with Crippen molar-refractivity contribution < 1.29 is 23.6 Å². The Hall–Kier alpha value is -5.14. The lowest BCUT2D eigenvalue weighted by atomic mass is 9.80. The van der Waals surface area contributed by atoms with E-state index >= 15 is 4.39 Å². The zero-order chi connectivity index (χ0) is 41.9. The maximum atomic E-state index is 15.1. The summed E-state index contributed by atoms with van der Waals surface area (Å²) in [6.45, 7) is 9.67. The number of rotatable bonds is 7. The van der Waals surface area contributed by atoms with E-state index in [2.05, 4.69) is 57.1 Å². The van der Waals surface area contributed by atoms with Crippen LogP contribution in [0.5, 0.6) is 0 Å². The second kappa shape index (κ2) is 16.0. The quantitative estimate of drug-likeness (QED) is 0.227. The molecule has 0 unspecified atom stereocenters. The molecule has 5 heterocycles. The summed E-state index contributed by atoms with van der Waals surface area (Å²) < 4.78 is 17.3. The minimum absolute atomic E-state index is 0.0366. The van der Waals surface area contributed by atoms with Crippen molar-refractivity contribution in [1.29, 1.82) is 0 Å². The highest BCUT2D eigenvalue weighted by molar-refractivity contribution is 6.35. The van der Waals surface area contributed by atoms with Crippen molar-refractivity contribution in [3.63, 3.8) is 0 Å². The van der Waals surface area contributed by atoms with Crippen molar-refractivity contribution in [1.82, 2.24) is 30.0 Å². The number of fused-ring (bicyclic) bond motifs is 5. The van der Waals surface area contributed by atoms with Gasteiger partial charge in [0, 0.05) is 50.7 Å². The first kappa shape index (κ1) is 40.3. The predicted molar refractivity (Wildman–Crippen MR) is 227 cm³/mol. The zero-order valence-electron chi connectivity index (χ0n) is 34.1. The number of amides is 4. The number of nitrogens with zero attached hydrogens (tertiary/aromatic N) is 5. The van der Waals surface area contributed by atoms with Gasteiger partial charge in [-0.15, -0.1) is 0 Å². The van der Waals surface area contributed by atoms with Gasteiger partial charge in [0.05, 0.1) is 32.6 Å². The molecule has 0 bridgehead atoms. The van der Waals surface area contributed by atoms with Gasteiger partial charge in [0.2, 0.25) is 17.7 Å². The van der Waals surface area contributed by atoms with Crippen LogP contribution >= 0.6 is 11.6 Å². The molecule has 9 rings (SSSR count). The summed E-state index contributed by atoms with van der Waals surface area (Å²) in [4.78, 5) is 74.0. The molecule has 4 aliphatic heterocycles. The van der Waals surface area contributed by atoms with Gasteiger partial charge < -0.3 is 20.0 Å². The van der Waals surface area contributed by atoms with E-state index in [-0.39, 0.29) is 41.7 Å². The number of hydrogen-bond acceptors (Lipinski definition) is 8.